The number of carbonyl (C=O) groups excluding carboxylic acids is 1. The minimum Gasteiger partial charge on any atom is -0.489 e. The van der Waals surface area contributed by atoms with Crippen molar-refractivity contribution in [2.75, 3.05) is 5.32 Å². The third-order valence-electron chi connectivity index (χ3n) is 4.76. The first-order valence-electron chi connectivity index (χ1n) is 8.78. The Morgan fingerprint density at radius 2 is 1.67 bits per heavy atom. The zero-order chi connectivity index (χ0) is 16.8. The van der Waals surface area contributed by atoms with Crippen molar-refractivity contribution in [3.63, 3.8) is 0 Å². The van der Waals surface area contributed by atoms with E-state index in [1.807, 2.05) is 54.6 Å². The second-order valence-corrected chi connectivity index (χ2v) is 6.74. The lowest BCUT2D eigenvalue weighted by Crippen LogP contribution is -2.26. The summed E-state index contributed by atoms with van der Waals surface area (Å²) in [5.41, 5.74) is 1.98. The van der Waals surface area contributed by atoms with Gasteiger partial charge in [0, 0.05) is 11.6 Å². The summed E-state index contributed by atoms with van der Waals surface area (Å²) in [6.07, 6.45) is 4.32. The number of ether oxygens (including phenoxy) is 1. The Hall–Kier alpha value is -2.29. The summed E-state index contributed by atoms with van der Waals surface area (Å²) in [7, 11) is 0. The van der Waals surface area contributed by atoms with Gasteiger partial charge < -0.3 is 10.1 Å². The van der Waals surface area contributed by atoms with Crippen molar-refractivity contribution in [2.24, 2.45) is 11.8 Å². The van der Waals surface area contributed by atoms with E-state index in [1.54, 1.807) is 0 Å². The Morgan fingerprint density at radius 1 is 1.00 bits per heavy atom. The lowest BCUT2D eigenvalue weighted by molar-refractivity contribution is -0.121. The van der Waals surface area contributed by atoms with Crippen molar-refractivity contribution in [3.05, 3.63) is 60.2 Å². The Morgan fingerprint density at radius 3 is 2.33 bits per heavy atom. The van der Waals surface area contributed by atoms with Crippen LogP contribution < -0.4 is 10.1 Å². The first-order chi connectivity index (χ1) is 11.7. The summed E-state index contributed by atoms with van der Waals surface area (Å²) in [4.78, 5) is 12.3. The second-order valence-electron chi connectivity index (χ2n) is 6.74. The van der Waals surface area contributed by atoms with Crippen LogP contribution in [0.2, 0.25) is 0 Å². The van der Waals surface area contributed by atoms with Crippen LogP contribution in [0.5, 0.6) is 5.75 Å². The molecule has 2 aromatic rings. The fourth-order valence-corrected chi connectivity index (χ4v) is 3.14. The van der Waals surface area contributed by atoms with Gasteiger partial charge in [-0.1, -0.05) is 37.3 Å². The van der Waals surface area contributed by atoms with Gasteiger partial charge in [0.1, 0.15) is 12.4 Å². The topological polar surface area (TPSA) is 38.3 Å². The molecule has 0 bridgehead atoms. The van der Waals surface area contributed by atoms with E-state index in [2.05, 4.69) is 12.2 Å². The zero-order valence-corrected chi connectivity index (χ0v) is 14.2. The molecule has 1 saturated carbocycles. The number of anilines is 1. The van der Waals surface area contributed by atoms with Gasteiger partial charge in [-0.15, -0.1) is 0 Å². The highest BCUT2D eigenvalue weighted by molar-refractivity contribution is 5.92. The van der Waals surface area contributed by atoms with E-state index in [9.17, 15) is 4.79 Å². The number of benzene rings is 2. The zero-order valence-electron chi connectivity index (χ0n) is 14.2. The molecule has 1 aliphatic carbocycles. The van der Waals surface area contributed by atoms with Crippen LogP contribution in [0.1, 0.15) is 38.2 Å². The van der Waals surface area contributed by atoms with Crippen molar-refractivity contribution in [3.8, 4) is 5.75 Å². The molecule has 0 spiro atoms. The van der Waals surface area contributed by atoms with E-state index >= 15 is 0 Å². The maximum Gasteiger partial charge on any atom is 0.227 e. The third kappa shape index (κ3) is 4.60. The second kappa shape index (κ2) is 8.00. The van der Waals surface area contributed by atoms with Crippen molar-refractivity contribution in [1.82, 2.24) is 0 Å². The Kier molecular flexibility index (Phi) is 5.52. The molecule has 0 radical (unpaired) electrons. The summed E-state index contributed by atoms with van der Waals surface area (Å²) in [6, 6.07) is 17.7. The van der Waals surface area contributed by atoms with Crippen LogP contribution in [0.3, 0.4) is 0 Å². The molecule has 3 rings (SSSR count). The van der Waals surface area contributed by atoms with Crippen molar-refractivity contribution in [1.29, 1.82) is 0 Å². The van der Waals surface area contributed by atoms with Crippen LogP contribution in [0.4, 0.5) is 5.69 Å². The summed E-state index contributed by atoms with van der Waals surface area (Å²) < 4.78 is 5.77. The number of hydrogen-bond donors (Lipinski definition) is 1. The largest absolute Gasteiger partial charge is 0.489 e. The number of rotatable bonds is 5. The van der Waals surface area contributed by atoms with Gasteiger partial charge in [-0.05, 0) is 61.4 Å². The highest BCUT2D eigenvalue weighted by Crippen LogP contribution is 2.29. The van der Waals surface area contributed by atoms with Crippen LogP contribution in [0, 0.1) is 11.8 Å². The number of hydrogen-bond acceptors (Lipinski definition) is 2. The predicted octanol–water partition coefficient (Wildman–Crippen LogP) is 5.03. The number of nitrogens with one attached hydrogen (secondary N) is 1. The Balaban J connectivity index is 1.50. The minimum absolute atomic E-state index is 0.153. The molecule has 2 aromatic carbocycles. The molecule has 1 amide bonds. The number of carbonyl (C=O) groups is 1. The molecule has 1 fully saturated rings. The highest BCUT2D eigenvalue weighted by atomic mass is 16.5. The maximum atomic E-state index is 12.3. The molecule has 24 heavy (non-hydrogen) atoms. The first kappa shape index (κ1) is 16.6. The van der Waals surface area contributed by atoms with Crippen LogP contribution >= 0.6 is 0 Å². The van der Waals surface area contributed by atoms with E-state index in [4.69, 9.17) is 4.74 Å². The smallest absolute Gasteiger partial charge is 0.227 e. The Bertz CT molecular complexity index is 643. The SMILES string of the molecule is CC1CCC(C(=O)Nc2ccc(OCc3ccccc3)cc2)CC1. The molecule has 0 aromatic heterocycles. The van der Waals surface area contributed by atoms with Crippen LogP contribution in [-0.2, 0) is 11.4 Å². The minimum atomic E-state index is 0.153. The summed E-state index contributed by atoms with van der Waals surface area (Å²) in [5.74, 6) is 1.88. The molecule has 3 heteroatoms. The van der Waals surface area contributed by atoms with Gasteiger partial charge in [0.25, 0.3) is 0 Å². The lowest BCUT2D eigenvalue weighted by atomic mass is 9.82. The lowest BCUT2D eigenvalue weighted by Gasteiger charge is -2.25. The molecule has 0 aliphatic heterocycles. The monoisotopic (exact) mass is 323 g/mol. The standard InChI is InChI=1S/C21H25NO2/c1-16-7-9-18(10-8-16)21(23)22-19-11-13-20(14-12-19)24-15-17-5-3-2-4-6-17/h2-6,11-14,16,18H,7-10,15H2,1H3,(H,22,23). The molecule has 1 aliphatic rings. The van der Waals surface area contributed by atoms with Gasteiger partial charge in [-0.25, -0.2) is 0 Å². The van der Waals surface area contributed by atoms with Crippen LogP contribution in [0.15, 0.2) is 54.6 Å². The van der Waals surface area contributed by atoms with Crippen LogP contribution in [0.25, 0.3) is 0 Å². The average Bonchev–Trinajstić information content (AvgIpc) is 2.62. The van der Waals surface area contributed by atoms with E-state index in [-0.39, 0.29) is 11.8 Å². The quantitative estimate of drug-likeness (QED) is 0.838. The van der Waals surface area contributed by atoms with Crippen molar-refractivity contribution in [2.45, 2.75) is 39.2 Å². The molecule has 126 valence electrons. The maximum absolute atomic E-state index is 12.3. The normalized spacial score (nSPS) is 20.4. The first-order valence-corrected chi connectivity index (χ1v) is 8.78. The molecular weight excluding hydrogens is 298 g/mol. The Labute approximate surface area is 144 Å². The molecule has 0 atom stereocenters. The van der Waals surface area contributed by atoms with Crippen LogP contribution in [-0.4, -0.2) is 5.91 Å². The van der Waals surface area contributed by atoms with E-state index < -0.39 is 0 Å². The number of amides is 1. The van der Waals surface area contributed by atoms with Crippen molar-refractivity contribution < 1.29 is 9.53 Å². The van der Waals surface area contributed by atoms with Gasteiger partial charge in [0.05, 0.1) is 0 Å². The predicted molar refractivity (Wildman–Crippen MR) is 97.0 cm³/mol. The van der Waals surface area contributed by atoms with E-state index in [0.29, 0.717) is 6.61 Å². The molecule has 1 N–H and O–H groups in total. The molecule has 0 unspecified atom stereocenters. The molecule has 0 saturated heterocycles. The fraction of sp³-hybridized carbons (Fsp3) is 0.381. The van der Waals surface area contributed by atoms with Gasteiger partial charge in [0.2, 0.25) is 5.91 Å². The summed E-state index contributed by atoms with van der Waals surface area (Å²) in [6.45, 7) is 2.81. The van der Waals surface area contributed by atoms with Gasteiger partial charge >= 0.3 is 0 Å². The highest BCUT2D eigenvalue weighted by Gasteiger charge is 2.24. The summed E-state index contributed by atoms with van der Waals surface area (Å²) in [5, 5.41) is 3.03. The van der Waals surface area contributed by atoms with Crippen molar-refractivity contribution >= 4 is 11.6 Å². The third-order valence-corrected chi connectivity index (χ3v) is 4.76. The van der Waals surface area contributed by atoms with Gasteiger partial charge in [0.15, 0.2) is 0 Å². The summed E-state index contributed by atoms with van der Waals surface area (Å²) >= 11 is 0. The molecule has 3 nitrogen and oxygen atoms in total. The average molecular weight is 323 g/mol. The van der Waals surface area contributed by atoms with E-state index in [1.165, 1.54) is 0 Å². The molecular formula is C21H25NO2. The van der Waals surface area contributed by atoms with Gasteiger partial charge in [-0.3, -0.25) is 4.79 Å². The van der Waals surface area contributed by atoms with Gasteiger partial charge in [-0.2, -0.15) is 0 Å². The molecule has 0 heterocycles. The van der Waals surface area contributed by atoms with E-state index in [0.717, 1.165) is 48.6 Å². The fourth-order valence-electron chi connectivity index (χ4n) is 3.14.